The van der Waals surface area contributed by atoms with E-state index >= 15 is 0 Å². The number of benzene rings is 1. The van der Waals surface area contributed by atoms with Gasteiger partial charge in [-0.25, -0.2) is 4.39 Å². The standard InChI is InChI=1S/C15H13FN4O/c16-12-4-1-3-11-13(5-2-6-21-15(11)12)19-14-7-10(8-17)9-18-20-14/h1,3-4,7,9,13H,2,5-6H2,(H,19,20). The number of hydrogen-bond acceptors (Lipinski definition) is 5. The van der Waals surface area contributed by atoms with E-state index in [1.54, 1.807) is 12.1 Å². The predicted octanol–water partition coefficient (Wildman–Crippen LogP) is 2.81. The lowest BCUT2D eigenvalue weighted by atomic mass is 10.0. The lowest BCUT2D eigenvalue weighted by Gasteiger charge is -2.18. The number of nitrogens with zero attached hydrogens (tertiary/aromatic N) is 3. The van der Waals surface area contributed by atoms with E-state index < -0.39 is 0 Å². The van der Waals surface area contributed by atoms with E-state index in [0.29, 0.717) is 18.0 Å². The van der Waals surface area contributed by atoms with Gasteiger partial charge in [-0.05, 0) is 18.9 Å². The zero-order valence-corrected chi connectivity index (χ0v) is 11.2. The molecule has 1 aromatic heterocycles. The van der Waals surface area contributed by atoms with Gasteiger partial charge >= 0.3 is 0 Å². The van der Waals surface area contributed by atoms with Gasteiger partial charge in [-0.3, -0.25) is 0 Å². The monoisotopic (exact) mass is 284 g/mol. The van der Waals surface area contributed by atoms with Crippen molar-refractivity contribution in [3.05, 3.63) is 47.4 Å². The van der Waals surface area contributed by atoms with Crippen molar-refractivity contribution in [1.29, 1.82) is 5.26 Å². The second kappa shape index (κ2) is 5.75. The molecule has 106 valence electrons. The summed E-state index contributed by atoms with van der Waals surface area (Å²) in [5.41, 5.74) is 1.19. The molecule has 0 amide bonds. The van der Waals surface area contributed by atoms with Crippen LogP contribution in [0.3, 0.4) is 0 Å². The molecule has 0 aliphatic carbocycles. The van der Waals surface area contributed by atoms with Crippen LogP contribution < -0.4 is 10.1 Å². The molecule has 6 heteroatoms. The minimum atomic E-state index is -0.363. The fraction of sp³-hybridized carbons (Fsp3) is 0.267. The van der Waals surface area contributed by atoms with Crippen molar-refractivity contribution in [1.82, 2.24) is 10.2 Å². The number of nitrogens with one attached hydrogen (secondary N) is 1. The highest BCUT2D eigenvalue weighted by Crippen LogP contribution is 2.35. The van der Waals surface area contributed by atoms with Crippen molar-refractivity contribution in [2.75, 3.05) is 11.9 Å². The summed E-state index contributed by atoms with van der Waals surface area (Å²) in [4.78, 5) is 0. The van der Waals surface area contributed by atoms with E-state index in [2.05, 4.69) is 15.5 Å². The molecule has 5 nitrogen and oxygen atoms in total. The topological polar surface area (TPSA) is 70.8 Å². The Balaban J connectivity index is 1.92. The quantitative estimate of drug-likeness (QED) is 0.918. The normalized spacial score (nSPS) is 17.0. The summed E-state index contributed by atoms with van der Waals surface area (Å²) in [5, 5.41) is 19.8. The number of aromatic nitrogens is 2. The molecule has 1 aliphatic rings. The third-order valence-electron chi connectivity index (χ3n) is 3.36. The Morgan fingerprint density at radius 2 is 2.33 bits per heavy atom. The van der Waals surface area contributed by atoms with Gasteiger partial charge in [0.2, 0.25) is 0 Å². The van der Waals surface area contributed by atoms with E-state index in [0.717, 1.165) is 18.4 Å². The molecule has 21 heavy (non-hydrogen) atoms. The van der Waals surface area contributed by atoms with Crippen LogP contribution in [0.1, 0.15) is 30.0 Å². The first kappa shape index (κ1) is 13.3. The van der Waals surface area contributed by atoms with E-state index in [9.17, 15) is 4.39 Å². The van der Waals surface area contributed by atoms with Crippen LogP contribution in [0.4, 0.5) is 10.2 Å². The second-order valence-corrected chi connectivity index (χ2v) is 4.79. The maximum Gasteiger partial charge on any atom is 0.165 e. The third-order valence-corrected chi connectivity index (χ3v) is 3.36. The first-order valence-electron chi connectivity index (χ1n) is 6.68. The largest absolute Gasteiger partial charge is 0.490 e. The lowest BCUT2D eigenvalue weighted by molar-refractivity contribution is 0.301. The molecule has 2 aromatic rings. The molecule has 1 aliphatic heterocycles. The van der Waals surface area contributed by atoms with E-state index in [1.807, 2.05) is 12.1 Å². The maximum absolute atomic E-state index is 13.9. The first-order valence-corrected chi connectivity index (χ1v) is 6.68. The fourth-order valence-corrected chi connectivity index (χ4v) is 2.40. The molecule has 0 saturated carbocycles. The average Bonchev–Trinajstić information content (AvgIpc) is 2.71. The van der Waals surface area contributed by atoms with Crippen molar-refractivity contribution < 1.29 is 9.13 Å². The van der Waals surface area contributed by atoms with Crippen molar-refractivity contribution in [2.24, 2.45) is 0 Å². The molecule has 2 heterocycles. The van der Waals surface area contributed by atoms with Crippen LogP contribution in [0, 0.1) is 17.1 Å². The molecular formula is C15H13FN4O. The van der Waals surface area contributed by atoms with Gasteiger partial charge in [0.25, 0.3) is 0 Å². The Morgan fingerprint density at radius 1 is 1.43 bits per heavy atom. The van der Waals surface area contributed by atoms with Crippen molar-refractivity contribution in [3.8, 4) is 11.8 Å². The Labute approximate surface area is 121 Å². The van der Waals surface area contributed by atoms with Crippen LogP contribution in [0.5, 0.6) is 5.75 Å². The van der Waals surface area contributed by atoms with Crippen LogP contribution >= 0.6 is 0 Å². The van der Waals surface area contributed by atoms with Gasteiger partial charge in [-0.15, -0.1) is 5.10 Å². The number of ether oxygens (including phenoxy) is 1. The van der Waals surface area contributed by atoms with Crippen LogP contribution in [0.25, 0.3) is 0 Å². The van der Waals surface area contributed by atoms with Gasteiger partial charge in [0.05, 0.1) is 24.4 Å². The summed E-state index contributed by atoms with van der Waals surface area (Å²) in [6, 6.07) is 8.40. The number of nitriles is 1. The number of rotatable bonds is 2. The number of hydrogen-bond donors (Lipinski definition) is 1. The van der Waals surface area contributed by atoms with Gasteiger partial charge < -0.3 is 10.1 Å². The summed E-state index contributed by atoms with van der Waals surface area (Å²) in [6.07, 6.45) is 2.99. The van der Waals surface area contributed by atoms with Crippen LogP contribution in [-0.4, -0.2) is 16.8 Å². The molecule has 1 atom stereocenters. The van der Waals surface area contributed by atoms with E-state index in [-0.39, 0.29) is 17.6 Å². The lowest BCUT2D eigenvalue weighted by Crippen LogP contribution is -2.12. The molecular weight excluding hydrogens is 271 g/mol. The maximum atomic E-state index is 13.9. The highest BCUT2D eigenvalue weighted by atomic mass is 19.1. The smallest absolute Gasteiger partial charge is 0.165 e. The number of halogens is 1. The SMILES string of the molecule is N#Cc1cnnc(NC2CCCOc3c(F)cccc32)c1. The zero-order valence-electron chi connectivity index (χ0n) is 11.2. The van der Waals surface area contributed by atoms with Gasteiger partial charge in [-0.1, -0.05) is 12.1 Å². The Hall–Kier alpha value is -2.68. The summed E-state index contributed by atoms with van der Waals surface area (Å²) in [7, 11) is 0. The Morgan fingerprint density at radius 3 is 3.19 bits per heavy atom. The van der Waals surface area contributed by atoms with Crippen LogP contribution in [0.2, 0.25) is 0 Å². The van der Waals surface area contributed by atoms with Gasteiger partial charge in [0.15, 0.2) is 11.6 Å². The molecule has 0 spiro atoms. The minimum Gasteiger partial charge on any atom is -0.490 e. The van der Waals surface area contributed by atoms with Gasteiger partial charge in [0, 0.05) is 11.6 Å². The second-order valence-electron chi connectivity index (χ2n) is 4.79. The zero-order chi connectivity index (χ0) is 14.7. The summed E-state index contributed by atoms with van der Waals surface area (Å²) in [5.74, 6) is 0.422. The highest BCUT2D eigenvalue weighted by Gasteiger charge is 2.22. The summed E-state index contributed by atoms with van der Waals surface area (Å²) in [6.45, 7) is 0.482. The predicted molar refractivity (Wildman–Crippen MR) is 74.2 cm³/mol. The Bertz CT molecular complexity index is 698. The first-order chi connectivity index (χ1) is 10.3. The number of fused-ring (bicyclic) bond motifs is 1. The molecule has 0 radical (unpaired) electrons. The molecule has 0 bridgehead atoms. The van der Waals surface area contributed by atoms with Crippen molar-refractivity contribution >= 4 is 5.82 Å². The molecule has 0 fully saturated rings. The summed E-state index contributed by atoms with van der Waals surface area (Å²) < 4.78 is 19.3. The van der Waals surface area contributed by atoms with Crippen LogP contribution in [-0.2, 0) is 0 Å². The molecule has 1 N–H and O–H groups in total. The summed E-state index contributed by atoms with van der Waals surface area (Å²) >= 11 is 0. The van der Waals surface area contributed by atoms with Crippen molar-refractivity contribution in [3.63, 3.8) is 0 Å². The van der Waals surface area contributed by atoms with E-state index in [4.69, 9.17) is 10.00 Å². The molecule has 3 rings (SSSR count). The molecule has 0 saturated heterocycles. The van der Waals surface area contributed by atoms with E-state index in [1.165, 1.54) is 12.3 Å². The molecule has 1 unspecified atom stereocenters. The third kappa shape index (κ3) is 2.77. The van der Waals surface area contributed by atoms with Crippen molar-refractivity contribution in [2.45, 2.75) is 18.9 Å². The fourth-order valence-electron chi connectivity index (χ4n) is 2.40. The number of anilines is 1. The Kier molecular flexibility index (Phi) is 3.65. The van der Waals surface area contributed by atoms with Crippen LogP contribution in [0.15, 0.2) is 30.5 Å². The van der Waals surface area contributed by atoms with Gasteiger partial charge in [-0.2, -0.15) is 10.4 Å². The van der Waals surface area contributed by atoms with Gasteiger partial charge in [0.1, 0.15) is 11.9 Å². The minimum absolute atomic E-state index is 0.124. The number of para-hydroxylation sites is 1. The molecule has 1 aromatic carbocycles. The average molecular weight is 284 g/mol. The highest BCUT2D eigenvalue weighted by molar-refractivity contribution is 5.46.